The summed E-state index contributed by atoms with van der Waals surface area (Å²) in [4.78, 5) is 10.5. The highest BCUT2D eigenvalue weighted by Gasteiger charge is 2.08. The van der Waals surface area contributed by atoms with Crippen LogP contribution in [-0.4, -0.2) is 23.7 Å². The van der Waals surface area contributed by atoms with E-state index in [1.807, 2.05) is 25.2 Å². The first-order chi connectivity index (χ1) is 6.61. The molecule has 0 aromatic carbocycles. The average Bonchev–Trinajstić information content (AvgIpc) is 2.17. The number of carboxylic acid groups (broad SMARTS) is 1. The molecular formula is C11H17NO2. The fourth-order valence-corrected chi connectivity index (χ4v) is 0.777. The summed E-state index contributed by atoms with van der Waals surface area (Å²) in [5.41, 5.74) is 0.969. The second-order valence-electron chi connectivity index (χ2n) is 2.91. The first-order valence-corrected chi connectivity index (χ1v) is 4.52. The molecule has 0 spiro atoms. The number of aliphatic carboxylic acids is 1. The molecule has 78 valence electrons. The molecule has 0 bridgehead atoms. The molecule has 2 N–H and O–H groups in total. The van der Waals surface area contributed by atoms with E-state index in [0.717, 1.165) is 5.57 Å². The lowest BCUT2D eigenvalue weighted by Crippen LogP contribution is -2.34. The fraction of sp³-hybridized carbons (Fsp3) is 0.364. The van der Waals surface area contributed by atoms with E-state index in [4.69, 9.17) is 5.11 Å². The third-order valence-corrected chi connectivity index (χ3v) is 1.75. The molecule has 0 rings (SSSR count). The van der Waals surface area contributed by atoms with Gasteiger partial charge >= 0.3 is 5.97 Å². The summed E-state index contributed by atoms with van der Waals surface area (Å²) in [6.45, 7) is 7.69. The molecule has 3 heteroatoms. The second-order valence-corrected chi connectivity index (χ2v) is 2.91. The summed E-state index contributed by atoms with van der Waals surface area (Å²) < 4.78 is 0. The van der Waals surface area contributed by atoms with Crippen LogP contribution in [-0.2, 0) is 4.79 Å². The molecule has 1 atom stereocenters. The summed E-state index contributed by atoms with van der Waals surface area (Å²) in [6.07, 6.45) is 7.41. The molecule has 3 nitrogen and oxygen atoms in total. The predicted molar refractivity (Wildman–Crippen MR) is 58.2 cm³/mol. The Balaban J connectivity index is 4.08. The lowest BCUT2D eigenvalue weighted by Gasteiger charge is -2.08. The smallest absolute Gasteiger partial charge is 0.320 e. The Bertz CT molecular complexity index is 254. The van der Waals surface area contributed by atoms with Gasteiger partial charge < -0.3 is 10.4 Å². The molecule has 0 aromatic rings. The maximum Gasteiger partial charge on any atom is 0.320 e. The molecule has 0 aliphatic rings. The number of carboxylic acids is 1. The Labute approximate surface area is 84.8 Å². The van der Waals surface area contributed by atoms with Crippen molar-refractivity contribution in [1.82, 2.24) is 5.32 Å². The van der Waals surface area contributed by atoms with Gasteiger partial charge in [0.15, 0.2) is 0 Å². The van der Waals surface area contributed by atoms with Crippen molar-refractivity contribution in [1.29, 1.82) is 0 Å². The van der Waals surface area contributed by atoms with Crippen molar-refractivity contribution in [2.24, 2.45) is 0 Å². The van der Waals surface area contributed by atoms with Crippen molar-refractivity contribution < 1.29 is 9.90 Å². The highest BCUT2D eigenvalue weighted by Crippen LogP contribution is 1.95. The van der Waals surface area contributed by atoms with Gasteiger partial charge in [-0.05, 0) is 19.4 Å². The SMILES string of the molecule is C=CC(=CC=CC)CNC(C)C(=O)O. The normalized spacial score (nSPS) is 14.3. The average molecular weight is 195 g/mol. The number of rotatable bonds is 6. The van der Waals surface area contributed by atoms with Crippen LogP contribution in [0.1, 0.15) is 13.8 Å². The van der Waals surface area contributed by atoms with Crippen LogP contribution < -0.4 is 5.32 Å². The van der Waals surface area contributed by atoms with Crippen molar-refractivity contribution >= 4 is 5.97 Å². The van der Waals surface area contributed by atoms with Crippen LogP contribution in [0.25, 0.3) is 0 Å². The number of carbonyl (C=O) groups is 1. The Morgan fingerprint density at radius 1 is 1.64 bits per heavy atom. The molecular weight excluding hydrogens is 178 g/mol. The number of hydrogen-bond donors (Lipinski definition) is 2. The molecule has 1 unspecified atom stereocenters. The van der Waals surface area contributed by atoms with Crippen molar-refractivity contribution in [2.45, 2.75) is 19.9 Å². The minimum absolute atomic E-state index is 0.515. The maximum absolute atomic E-state index is 10.5. The van der Waals surface area contributed by atoms with E-state index in [-0.39, 0.29) is 0 Å². The molecule has 0 radical (unpaired) electrons. The molecule has 0 heterocycles. The Hall–Kier alpha value is -1.35. The number of allylic oxidation sites excluding steroid dienone is 3. The van der Waals surface area contributed by atoms with Crippen LogP contribution >= 0.6 is 0 Å². The van der Waals surface area contributed by atoms with Crippen LogP contribution in [0.2, 0.25) is 0 Å². The first kappa shape index (κ1) is 12.7. The standard InChI is InChI=1S/C11H17NO2/c1-4-6-7-10(5-2)8-12-9(3)11(13)14/h4-7,9,12H,2,8H2,1,3H3,(H,13,14). The van der Waals surface area contributed by atoms with Crippen molar-refractivity contribution in [3.63, 3.8) is 0 Å². The van der Waals surface area contributed by atoms with Gasteiger partial charge in [0, 0.05) is 6.54 Å². The van der Waals surface area contributed by atoms with Crippen molar-refractivity contribution in [3.05, 3.63) is 36.5 Å². The molecule has 0 saturated carbocycles. The Morgan fingerprint density at radius 2 is 2.29 bits per heavy atom. The van der Waals surface area contributed by atoms with Gasteiger partial charge in [-0.3, -0.25) is 4.79 Å². The monoisotopic (exact) mass is 195 g/mol. The van der Waals surface area contributed by atoms with Gasteiger partial charge in [0.05, 0.1) is 0 Å². The summed E-state index contributed by atoms with van der Waals surface area (Å²) >= 11 is 0. The fourth-order valence-electron chi connectivity index (χ4n) is 0.777. The largest absolute Gasteiger partial charge is 0.480 e. The summed E-state index contributed by atoms with van der Waals surface area (Å²) in [7, 11) is 0. The quantitative estimate of drug-likeness (QED) is 0.635. The molecule has 0 aromatic heterocycles. The molecule has 0 fully saturated rings. The van der Waals surface area contributed by atoms with E-state index in [0.29, 0.717) is 6.54 Å². The minimum Gasteiger partial charge on any atom is -0.480 e. The van der Waals surface area contributed by atoms with Crippen LogP contribution in [0.5, 0.6) is 0 Å². The molecule has 0 amide bonds. The lowest BCUT2D eigenvalue weighted by molar-refractivity contribution is -0.138. The zero-order chi connectivity index (χ0) is 11.0. The van der Waals surface area contributed by atoms with Gasteiger partial charge in [-0.2, -0.15) is 0 Å². The zero-order valence-corrected chi connectivity index (χ0v) is 8.66. The first-order valence-electron chi connectivity index (χ1n) is 4.52. The van der Waals surface area contributed by atoms with E-state index in [1.165, 1.54) is 0 Å². The van der Waals surface area contributed by atoms with Gasteiger partial charge in [-0.1, -0.05) is 30.9 Å². The summed E-state index contributed by atoms with van der Waals surface area (Å²) in [6, 6.07) is -0.538. The maximum atomic E-state index is 10.5. The van der Waals surface area contributed by atoms with E-state index >= 15 is 0 Å². The molecule has 0 saturated heterocycles. The molecule has 14 heavy (non-hydrogen) atoms. The van der Waals surface area contributed by atoms with Gasteiger partial charge in [-0.25, -0.2) is 0 Å². The van der Waals surface area contributed by atoms with E-state index < -0.39 is 12.0 Å². The lowest BCUT2D eigenvalue weighted by atomic mass is 10.2. The van der Waals surface area contributed by atoms with E-state index in [2.05, 4.69) is 11.9 Å². The van der Waals surface area contributed by atoms with Crippen LogP contribution in [0.3, 0.4) is 0 Å². The van der Waals surface area contributed by atoms with Gasteiger partial charge in [-0.15, -0.1) is 0 Å². The van der Waals surface area contributed by atoms with Crippen molar-refractivity contribution in [2.75, 3.05) is 6.54 Å². The highest BCUT2D eigenvalue weighted by atomic mass is 16.4. The molecule has 0 aliphatic heterocycles. The third-order valence-electron chi connectivity index (χ3n) is 1.75. The summed E-state index contributed by atoms with van der Waals surface area (Å²) in [5.74, 6) is -0.848. The van der Waals surface area contributed by atoms with Gasteiger partial charge in [0.1, 0.15) is 6.04 Å². The number of nitrogens with one attached hydrogen (secondary N) is 1. The number of hydrogen-bond acceptors (Lipinski definition) is 2. The topological polar surface area (TPSA) is 49.3 Å². The van der Waals surface area contributed by atoms with Crippen molar-refractivity contribution in [3.8, 4) is 0 Å². The van der Waals surface area contributed by atoms with Gasteiger partial charge in [0.2, 0.25) is 0 Å². The second kappa shape index (κ2) is 7.09. The predicted octanol–water partition coefficient (Wildman–Crippen LogP) is 1.74. The van der Waals surface area contributed by atoms with Crippen LogP contribution in [0, 0.1) is 0 Å². The minimum atomic E-state index is -0.848. The van der Waals surface area contributed by atoms with Gasteiger partial charge in [0.25, 0.3) is 0 Å². The highest BCUT2D eigenvalue weighted by molar-refractivity contribution is 5.72. The van der Waals surface area contributed by atoms with E-state index in [9.17, 15) is 4.79 Å². The van der Waals surface area contributed by atoms with Crippen LogP contribution in [0.15, 0.2) is 36.5 Å². The Morgan fingerprint density at radius 3 is 2.71 bits per heavy atom. The van der Waals surface area contributed by atoms with E-state index in [1.54, 1.807) is 13.0 Å². The Kier molecular flexibility index (Phi) is 6.41. The van der Waals surface area contributed by atoms with Crippen LogP contribution in [0.4, 0.5) is 0 Å². The molecule has 0 aliphatic carbocycles. The third kappa shape index (κ3) is 5.32. The summed E-state index contributed by atoms with van der Waals surface area (Å²) in [5, 5.41) is 11.5. The zero-order valence-electron chi connectivity index (χ0n) is 8.66.